The van der Waals surface area contributed by atoms with Gasteiger partial charge in [0, 0.05) is 0 Å². The van der Waals surface area contributed by atoms with Crippen molar-refractivity contribution < 1.29 is 0 Å². The third-order valence-corrected chi connectivity index (χ3v) is 13.6. The van der Waals surface area contributed by atoms with Crippen molar-refractivity contribution in [1.82, 2.24) is 0 Å². The first-order valence-corrected chi connectivity index (χ1v) is 20.3. The molecule has 0 atom stereocenters. The van der Waals surface area contributed by atoms with Crippen LogP contribution in [0.3, 0.4) is 0 Å². The summed E-state index contributed by atoms with van der Waals surface area (Å²) in [7, 11) is 0. The van der Waals surface area contributed by atoms with Crippen LogP contribution in [0.15, 0.2) is 206 Å². The van der Waals surface area contributed by atoms with Gasteiger partial charge in [-0.15, -0.1) is 0 Å². The first kappa shape index (κ1) is 31.7. The second kappa shape index (κ2) is 11.6. The lowest BCUT2D eigenvalue weighted by Crippen LogP contribution is -2.26. The van der Waals surface area contributed by atoms with E-state index in [1.54, 1.807) is 0 Å². The topological polar surface area (TPSA) is 24.1 Å². The highest BCUT2D eigenvalue weighted by Gasteiger charge is 2.53. The third kappa shape index (κ3) is 3.92. The van der Waals surface area contributed by atoms with E-state index in [1.807, 2.05) is 0 Å². The van der Waals surface area contributed by atoms with Crippen molar-refractivity contribution in [3.05, 3.63) is 251 Å². The molecule has 0 aromatic heterocycles. The van der Waals surface area contributed by atoms with Crippen LogP contribution < -0.4 is 10.9 Å². The van der Waals surface area contributed by atoms with Gasteiger partial charge in [-0.2, -0.15) is 0 Å². The lowest BCUT2D eigenvalue weighted by atomic mass is 9.70. The molecule has 2 heteroatoms. The zero-order chi connectivity index (χ0) is 38.0. The number of anilines is 2. The van der Waals surface area contributed by atoms with E-state index in [2.05, 4.69) is 217 Å². The number of nitrogens with one attached hydrogen (secondary N) is 2. The Hall–Kier alpha value is -7.42. The van der Waals surface area contributed by atoms with Crippen LogP contribution in [0.4, 0.5) is 11.4 Å². The Morgan fingerprint density at radius 2 is 0.517 bits per heavy atom. The summed E-state index contributed by atoms with van der Waals surface area (Å²) in [4.78, 5) is 0. The van der Waals surface area contributed by atoms with Crippen molar-refractivity contribution in [2.45, 2.75) is 10.8 Å². The maximum atomic E-state index is 3.58. The van der Waals surface area contributed by atoms with E-state index < -0.39 is 0 Å². The highest BCUT2D eigenvalue weighted by Crippen LogP contribution is 2.64. The Balaban J connectivity index is 0.851. The van der Waals surface area contributed by atoms with Crippen molar-refractivity contribution >= 4 is 11.4 Å². The molecule has 4 aliphatic rings. The molecule has 9 aromatic carbocycles. The molecule has 0 saturated carbocycles. The maximum Gasteiger partial charge on any atom is 0.0726 e. The molecule has 0 bridgehead atoms. The van der Waals surface area contributed by atoms with E-state index in [0.29, 0.717) is 0 Å². The zero-order valence-electron chi connectivity index (χ0n) is 31.6. The normalized spacial score (nSPS) is 14.5. The van der Waals surface area contributed by atoms with E-state index in [4.69, 9.17) is 0 Å². The fourth-order valence-corrected chi connectivity index (χ4v) is 11.3. The predicted octanol–water partition coefficient (Wildman–Crippen LogP) is 13.5. The second-order valence-electron chi connectivity index (χ2n) is 16.1. The molecule has 2 N–H and O–H groups in total. The molecule has 9 aromatic rings. The SMILES string of the molecule is c1ccc2c(c1)-c1ccccc1C21c2ccccc2-c2ccc(NNc3ccc(-c4ccc5c(c4)C4(c6ccccc6-c6ccccc64)c4ccccc4-5)cc3)cc21. The van der Waals surface area contributed by atoms with E-state index in [9.17, 15) is 0 Å². The number of rotatable bonds is 4. The fraction of sp³-hybridized carbons (Fsp3) is 0.0357. The molecule has 0 fully saturated rings. The molecule has 0 heterocycles. The van der Waals surface area contributed by atoms with Gasteiger partial charge in [-0.1, -0.05) is 176 Å². The molecule has 0 unspecified atom stereocenters. The maximum absolute atomic E-state index is 3.58. The van der Waals surface area contributed by atoms with Gasteiger partial charge in [0.1, 0.15) is 0 Å². The summed E-state index contributed by atoms with van der Waals surface area (Å²) in [6, 6.07) is 76.6. The number of hydrogen-bond donors (Lipinski definition) is 2. The minimum atomic E-state index is -0.364. The first-order valence-electron chi connectivity index (χ1n) is 20.3. The van der Waals surface area contributed by atoms with Crippen molar-refractivity contribution in [1.29, 1.82) is 0 Å². The van der Waals surface area contributed by atoms with Crippen LogP contribution in [0.25, 0.3) is 55.6 Å². The van der Waals surface area contributed by atoms with E-state index >= 15 is 0 Å². The molecule has 270 valence electrons. The molecule has 58 heavy (non-hydrogen) atoms. The summed E-state index contributed by atoms with van der Waals surface area (Å²) in [5, 5.41) is 0. The van der Waals surface area contributed by atoms with Gasteiger partial charge in [0.05, 0.1) is 22.2 Å². The first-order chi connectivity index (χ1) is 28.8. The molecule has 4 aliphatic carbocycles. The van der Waals surface area contributed by atoms with E-state index in [-0.39, 0.29) is 10.8 Å². The summed E-state index contributed by atoms with van der Waals surface area (Å²) in [6.07, 6.45) is 0. The number of hydrazine groups is 1. The highest BCUT2D eigenvalue weighted by molar-refractivity contribution is 5.97. The standard InChI is InChI=1S/C56H36N2/c1-7-19-47-39(13-1)40-14-2-8-20-48(40)55(47)51-23-11-5-17-43(51)45-31-27-36(33-53(45)55)35-25-28-37(29-26-35)57-58-38-30-32-46-44-18-6-12-24-52(44)56(54(46)34-38)49-21-9-3-15-41(49)42-16-4-10-22-50(42)56/h1-34,57-58H. The predicted molar refractivity (Wildman–Crippen MR) is 238 cm³/mol. The second-order valence-corrected chi connectivity index (χ2v) is 16.1. The monoisotopic (exact) mass is 736 g/mol. The van der Waals surface area contributed by atoms with Crippen molar-refractivity contribution in [2.24, 2.45) is 0 Å². The van der Waals surface area contributed by atoms with Gasteiger partial charge in [0.15, 0.2) is 0 Å². The quantitative estimate of drug-likeness (QED) is 0.176. The van der Waals surface area contributed by atoms with Gasteiger partial charge < -0.3 is 10.9 Å². The molecule has 13 rings (SSSR count). The van der Waals surface area contributed by atoms with Crippen molar-refractivity contribution in [3.8, 4) is 55.6 Å². The van der Waals surface area contributed by atoms with Gasteiger partial charge in [0.2, 0.25) is 0 Å². The summed E-state index contributed by atoms with van der Waals surface area (Å²) < 4.78 is 0. The molecule has 2 nitrogen and oxygen atoms in total. The van der Waals surface area contributed by atoms with Gasteiger partial charge in [-0.25, -0.2) is 0 Å². The largest absolute Gasteiger partial charge is 0.301 e. The molecule has 0 aliphatic heterocycles. The lowest BCUT2D eigenvalue weighted by Gasteiger charge is -2.30. The number of benzene rings is 9. The Morgan fingerprint density at radius 3 is 0.931 bits per heavy atom. The van der Waals surface area contributed by atoms with Crippen LogP contribution in [-0.2, 0) is 10.8 Å². The van der Waals surface area contributed by atoms with Crippen LogP contribution in [0.1, 0.15) is 44.5 Å². The molecule has 0 amide bonds. The Bertz CT molecular complexity index is 3060. The number of hydrogen-bond acceptors (Lipinski definition) is 2. The van der Waals surface area contributed by atoms with Gasteiger partial charge in [0.25, 0.3) is 0 Å². The van der Waals surface area contributed by atoms with E-state index in [1.165, 1.54) is 100 Å². The van der Waals surface area contributed by atoms with Crippen LogP contribution in [0.5, 0.6) is 0 Å². The summed E-state index contributed by atoms with van der Waals surface area (Å²) in [5.41, 5.74) is 32.2. The minimum Gasteiger partial charge on any atom is -0.301 e. The molecular formula is C56H36N2. The average molecular weight is 737 g/mol. The molecular weight excluding hydrogens is 701 g/mol. The van der Waals surface area contributed by atoms with E-state index in [0.717, 1.165) is 11.4 Å². The highest BCUT2D eigenvalue weighted by atomic mass is 15.4. The van der Waals surface area contributed by atoms with Gasteiger partial charge in [-0.05, 0) is 130 Å². The lowest BCUT2D eigenvalue weighted by molar-refractivity contribution is 0.794. The smallest absolute Gasteiger partial charge is 0.0726 e. The third-order valence-electron chi connectivity index (χ3n) is 13.6. The fourth-order valence-electron chi connectivity index (χ4n) is 11.3. The minimum absolute atomic E-state index is 0.348. The average Bonchev–Trinajstić information content (AvgIpc) is 3.97. The van der Waals surface area contributed by atoms with Crippen LogP contribution >= 0.6 is 0 Å². The Kier molecular flexibility index (Phi) is 6.33. The zero-order valence-corrected chi connectivity index (χ0v) is 31.6. The number of fused-ring (bicyclic) bond motifs is 20. The molecule has 2 spiro atoms. The summed E-state index contributed by atoms with van der Waals surface area (Å²) >= 11 is 0. The van der Waals surface area contributed by atoms with Crippen LogP contribution in [-0.4, -0.2) is 0 Å². The van der Waals surface area contributed by atoms with Crippen LogP contribution in [0, 0.1) is 0 Å². The van der Waals surface area contributed by atoms with Gasteiger partial charge >= 0.3 is 0 Å². The molecule has 0 radical (unpaired) electrons. The van der Waals surface area contributed by atoms with Crippen molar-refractivity contribution in [3.63, 3.8) is 0 Å². The Labute approximate surface area is 338 Å². The summed E-state index contributed by atoms with van der Waals surface area (Å²) in [6.45, 7) is 0. The van der Waals surface area contributed by atoms with Crippen LogP contribution in [0.2, 0.25) is 0 Å². The Morgan fingerprint density at radius 1 is 0.224 bits per heavy atom. The van der Waals surface area contributed by atoms with Gasteiger partial charge in [-0.3, -0.25) is 0 Å². The molecule has 0 saturated heterocycles. The summed E-state index contributed by atoms with van der Waals surface area (Å²) in [5.74, 6) is 0. The van der Waals surface area contributed by atoms with Crippen molar-refractivity contribution in [2.75, 3.05) is 10.9 Å².